The van der Waals surface area contributed by atoms with Crippen LogP contribution in [0.25, 0.3) is 0 Å². The normalized spacial score (nSPS) is 26.6. The number of hydrogen-bond acceptors (Lipinski definition) is 4. The maximum absolute atomic E-state index is 12.4. The van der Waals surface area contributed by atoms with Crippen LogP contribution in [-0.4, -0.2) is 35.9 Å². The Kier molecular flexibility index (Phi) is 4.88. The third-order valence-corrected chi connectivity index (χ3v) is 4.33. The van der Waals surface area contributed by atoms with Crippen molar-refractivity contribution in [2.24, 2.45) is 5.73 Å². The quantitative estimate of drug-likeness (QED) is 0.750. The molecule has 0 saturated carbocycles. The Balaban J connectivity index is 0.00000161. The zero-order valence-corrected chi connectivity index (χ0v) is 12.6. The van der Waals surface area contributed by atoms with Crippen molar-refractivity contribution >= 4 is 18.3 Å². The van der Waals surface area contributed by atoms with Crippen molar-refractivity contribution in [3.63, 3.8) is 0 Å². The Morgan fingerprint density at radius 2 is 2.00 bits per heavy atom. The second-order valence-electron chi connectivity index (χ2n) is 5.69. The van der Waals surface area contributed by atoms with E-state index in [4.69, 9.17) is 10.5 Å². The van der Waals surface area contributed by atoms with Crippen molar-refractivity contribution in [1.82, 2.24) is 5.32 Å². The van der Waals surface area contributed by atoms with Crippen LogP contribution in [0.4, 0.5) is 0 Å². The van der Waals surface area contributed by atoms with Crippen molar-refractivity contribution in [3.05, 3.63) is 35.4 Å². The number of aliphatic hydroxyl groups excluding tert-OH is 1. The van der Waals surface area contributed by atoms with Crippen LogP contribution < -0.4 is 11.1 Å². The first-order valence-electron chi connectivity index (χ1n) is 7.04. The van der Waals surface area contributed by atoms with E-state index in [1.54, 1.807) is 0 Å². The molecule has 1 amide bonds. The van der Waals surface area contributed by atoms with E-state index in [0.717, 1.165) is 11.1 Å². The molecular formula is C15H21ClN2O3. The number of fused-ring (bicyclic) bond motifs is 1. The lowest BCUT2D eigenvalue weighted by Gasteiger charge is -2.33. The molecule has 0 unspecified atom stereocenters. The van der Waals surface area contributed by atoms with E-state index in [-0.39, 0.29) is 24.4 Å². The van der Waals surface area contributed by atoms with Crippen LogP contribution in [0.3, 0.4) is 0 Å². The van der Waals surface area contributed by atoms with Gasteiger partial charge in [-0.2, -0.15) is 0 Å². The van der Waals surface area contributed by atoms with Gasteiger partial charge in [0.1, 0.15) is 0 Å². The average Bonchev–Trinajstić information content (AvgIpc) is 2.76. The largest absolute Gasteiger partial charge is 0.390 e. The molecule has 21 heavy (non-hydrogen) atoms. The second kappa shape index (κ2) is 6.32. The molecule has 5 nitrogen and oxygen atoms in total. The third kappa shape index (κ3) is 3.06. The monoisotopic (exact) mass is 312 g/mol. The van der Waals surface area contributed by atoms with E-state index >= 15 is 0 Å². The highest BCUT2D eigenvalue weighted by Gasteiger charge is 2.40. The Morgan fingerprint density at radius 3 is 2.71 bits per heavy atom. The standard InChI is InChI=1S/C15H20N2O3.ClH/c16-15(5-7-20-8-6-15)14(19)17-13-11-4-2-1-3-10(11)9-12(13)18;/h1-4,12-13,18H,5-9,16H2,(H,17,19);1H/t12-,13+;/m1./s1. The summed E-state index contributed by atoms with van der Waals surface area (Å²) in [6.45, 7) is 1.02. The number of benzene rings is 1. The van der Waals surface area contributed by atoms with Crippen LogP contribution in [0.1, 0.15) is 30.0 Å². The molecule has 2 aliphatic rings. The molecule has 1 heterocycles. The number of rotatable bonds is 2. The number of carbonyl (C=O) groups is 1. The van der Waals surface area contributed by atoms with Gasteiger partial charge in [0.15, 0.2) is 0 Å². The minimum atomic E-state index is -0.879. The number of amides is 1. The molecule has 0 aromatic heterocycles. The van der Waals surface area contributed by atoms with Crippen LogP contribution >= 0.6 is 12.4 Å². The summed E-state index contributed by atoms with van der Waals surface area (Å²) in [5.74, 6) is -0.193. The fourth-order valence-electron chi connectivity index (χ4n) is 3.00. The lowest BCUT2D eigenvalue weighted by atomic mass is 9.89. The predicted octanol–water partition coefficient (Wildman–Crippen LogP) is 0.691. The fourth-order valence-corrected chi connectivity index (χ4v) is 3.00. The highest BCUT2D eigenvalue weighted by atomic mass is 35.5. The molecule has 1 saturated heterocycles. The minimum absolute atomic E-state index is 0. The molecule has 1 aliphatic carbocycles. The molecule has 0 bridgehead atoms. The Bertz CT molecular complexity index is 517. The van der Waals surface area contributed by atoms with Gasteiger partial charge in [0.2, 0.25) is 5.91 Å². The third-order valence-electron chi connectivity index (χ3n) is 4.33. The van der Waals surface area contributed by atoms with Gasteiger partial charge in [-0.05, 0) is 24.0 Å². The number of halogens is 1. The van der Waals surface area contributed by atoms with Crippen LogP contribution in [0.5, 0.6) is 0 Å². The van der Waals surface area contributed by atoms with Crippen molar-refractivity contribution in [2.75, 3.05) is 13.2 Å². The summed E-state index contributed by atoms with van der Waals surface area (Å²) in [7, 11) is 0. The van der Waals surface area contributed by atoms with Crippen molar-refractivity contribution in [2.45, 2.75) is 36.9 Å². The lowest BCUT2D eigenvalue weighted by molar-refractivity contribution is -0.131. The summed E-state index contributed by atoms with van der Waals surface area (Å²) < 4.78 is 5.25. The smallest absolute Gasteiger partial charge is 0.240 e. The number of aliphatic hydroxyl groups is 1. The van der Waals surface area contributed by atoms with Crippen molar-refractivity contribution in [3.8, 4) is 0 Å². The highest BCUT2D eigenvalue weighted by molar-refractivity contribution is 5.86. The van der Waals surface area contributed by atoms with Gasteiger partial charge in [0.25, 0.3) is 0 Å². The van der Waals surface area contributed by atoms with Crippen LogP contribution in [0.2, 0.25) is 0 Å². The highest BCUT2D eigenvalue weighted by Crippen LogP contribution is 2.32. The van der Waals surface area contributed by atoms with Gasteiger partial charge in [-0.15, -0.1) is 12.4 Å². The summed E-state index contributed by atoms with van der Waals surface area (Å²) in [5, 5.41) is 13.1. The van der Waals surface area contributed by atoms with Gasteiger partial charge >= 0.3 is 0 Å². The molecule has 3 rings (SSSR count). The summed E-state index contributed by atoms with van der Waals surface area (Å²) >= 11 is 0. The predicted molar refractivity (Wildman–Crippen MR) is 81.3 cm³/mol. The first-order chi connectivity index (χ1) is 9.60. The molecule has 0 radical (unpaired) electrons. The van der Waals surface area contributed by atoms with E-state index in [0.29, 0.717) is 32.5 Å². The zero-order chi connectivity index (χ0) is 14.2. The maximum Gasteiger partial charge on any atom is 0.240 e. The van der Waals surface area contributed by atoms with Gasteiger partial charge in [0, 0.05) is 19.6 Å². The van der Waals surface area contributed by atoms with Gasteiger partial charge in [-0.25, -0.2) is 0 Å². The van der Waals surface area contributed by atoms with Crippen LogP contribution in [-0.2, 0) is 16.0 Å². The topological polar surface area (TPSA) is 84.6 Å². The van der Waals surface area contributed by atoms with Gasteiger partial charge < -0.3 is 20.9 Å². The summed E-state index contributed by atoms with van der Waals surface area (Å²) in [6, 6.07) is 7.43. The molecule has 1 aromatic carbocycles. The summed E-state index contributed by atoms with van der Waals surface area (Å²) in [4.78, 5) is 12.4. The number of nitrogens with one attached hydrogen (secondary N) is 1. The second-order valence-corrected chi connectivity index (χ2v) is 5.69. The van der Waals surface area contributed by atoms with Gasteiger partial charge in [0.05, 0.1) is 17.7 Å². The molecular weight excluding hydrogens is 292 g/mol. The lowest BCUT2D eigenvalue weighted by Crippen LogP contribution is -2.58. The van der Waals surface area contributed by atoms with Crippen LogP contribution in [0, 0.1) is 0 Å². The Labute approximate surface area is 130 Å². The first kappa shape index (κ1) is 16.2. The maximum atomic E-state index is 12.4. The molecule has 2 atom stereocenters. The van der Waals surface area contributed by atoms with E-state index in [2.05, 4.69) is 5.32 Å². The Hall–Kier alpha value is -1.14. The first-order valence-corrected chi connectivity index (χ1v) is 7.04. The van der Waals surface area contributed by atoms with E-state index in [1.165, 1.54) is 0 Å². The molecule has 6 heteroatoms. The SMILES string of the molecule is Cl.NC1(C(=O)N[C@H]2c3ccccc3C[C@H]2O)CCOCC1. The molecule has 116 valence electrons. The van der Waals surface area contributed by atoms with E-state index < -0.39 is 11.6 Å². The van der Waals surface area contributed by atoms with Crippen molar-refractivity contribution in [1.29, 1.82) is 0 Å². The molecule has 1 aliphatic heterocycles. The van der Waals surface area contributed by atoms with Gasteiger partial charge in [-0.3, -0.25) is 4.79 Å². The number of nitrogens with two attached hydrogens (primary N) is 1. The molecule has 1 aromatic rings. The number of hydrogen-bond donors (Lipinski definition) is 3. The summed E-state index contributed by atoms with van der Waals surface area (Å²) in [5.41, 5.74) is 7.37. The fraction of sp³-hybridized carbons (Fsp3) is 0.533. The molecule has 1 fully saturated rings. The minimum Gasteiger partial charge on any atom is -0.390 e. The van der Waals surface area contributed by atoms with E-state index in [9.17, 15) is 9.90 Å². The molecule has 0 spiro atoms. The van der Waals surface area contributed by atoms with Gasteiger partial charge in [-0.1, -0.05) is 24.3 Å². The Morgan fingerprint density at radius 1 is 1.33 bits per heavy atom. The average molecular weight is 313 g/mol. The summed E-state index contributed by atoms with van der Waals surface area (Å²) in [6.07, 6.45) is 1.02. The number of carbonyl (C=O) groups excluding carboxylic acids is 1. The molecule has 4 N–H and O–H groups in total. The zero-order valence-electron chi connectivity index (χ0n) is 11.7. The number of ether oxygens (including phenoxy) is 1. The van der Waals surface area contributed by atoms with E-state index in [1.807, 2.05) is 24.3 Å². The van der Waals surface area contributed by atoms with Crippen LogP contribution in [0.15, 0.2) is 24.3 Å². The van der Waals surface area contributed by atoms with Crippen molar-refractivity contribution < 1.29 is 14.6 Å².